The zero-order valence-corrected chi connectivity index (χ0v) is 18.7. The van der Waals surface area contributed by atoms with E-state index in [-0.39, 0.29) is 17.6 Å². The lowest BCUT2D eigenvalue weighted by Crippen LogP contribution is -2.30. The highest BCUT2D eigenvalue weighted by Gasteiger charge is 2.42. The van der Waals surface area contributed by atoms with E-state index in [1.807, 2.05) is 59.3 Å². The largest absolute Gasteiger partial charge is 0.478 e. The average Bonchev–Trinajstić information content (AvgIpc) is 3.44. The van der Waals surface area contributed by atoms with Crippen LogP contribution in [-0.2, 0) is 0 Å². The van der Waals surface area contributed by atoms with Crippen LogP contribution in [0.3, 0.4) is 0 Å². The van der Waals surface area contributed by atoms with Gasteiger partial charge in [0.1, 0.15) is 6.04 Å². The molecule has 4 aromatic rings. The molecule has 6 nitrogen and oxygen atoms in total. The number of nitrogens with one attached hydrogen (secondary N) is 1. The summed E-state index contributed by atoms with van der Waals surface area (Å²) >= 11 is 5.81. The molecule has 1 saturated heterocycles. The monoisotopic (exact) mass is 454 g/mol. The van der Waals surface area contributed by atoms with Crippen LogP contribution >= 0.6 is 12.2 Å². The Hall–Kier alpha value is -3.97. The summed E-state index contributed by atoms with van der Waals surface area (Å²) in [6.45, 7) is 2.06. The predicted molar refractivity (Wildman–Crippen MR) is 132 cm³/mol. The van der Waals surface area contributed by atoms with Crippen LogP contribution in [0.5, 0.6) is 0 Å². The van der Waals surface area contributed by atoms with Crippen LogP contribution in [0, 0.1) is 6.92 Å². The molecule has 5 rings (SSSR count). The van der Waals surface area contributed by atoms with Crippen LogP contribution in [0.4, 0.5) is 5.69 Å². The molecule has 2 N–H and O–H groups in total. The molecule has 1 aliphatic rings. The molecule has 0 unspecified atom stereocenters. The minimum Gasteiger partial charge on any atom is -0.478 e. The smallest absolute Gasteiger partial charge is 0.335 e. The number of thiocarbonyl (C=S) groups is 1. The van der Waals surface area contributed by atoms with Gasteiger partial charge in [0.15, 0.2) is 5.11 Å². The standard InChI is InChI=1S/C26H22N4O2S/c1-17-7-4-10-20(15-17)30-24(23(28-26(30)33)21-11-2-3-13-27-21)22-12-6-14-29(22)19-9-5-8-18(16-19)25(31)32/h2-16,23-24H,1H3,(H,28,33)(H,31,32)/t23-,24+/m0/s1. The molecular weight excluding hydrogens is 432 g/mol. The Balaban J connectivity index is 1.67. The van der Waals surface area contributed by atoms with Crippen molar-refractivity contribution in [1.82, 2.24) is 14.9 Å². The van der Waals surface area contributed by atoms with Crippen LogP contribution in [0.2, 0.25) is 0 Å². The second kappa shape index (κ2) is 8.52. The molecule has 0 radical (unpaired) electrons. The van der Waals surface area contributed by atoms with E-state index >= 15 is 0 Å². The van der Waals surface area contributed by atoms with Crippen molar-refractivity contribution in [2.75, 3.05) is 4.90 Å². The number of pyridine rings is 1. The summed E-state index contributed by atoms with van der Waals surface area (Å²) in [4.78, 5) is 18.3. The lowest BCUT2D eigenvalue weighted by atomic mass is 10.0. The third-order valence-electron chi connectivity index (χ3n) is 5.83. The number of aromatic nitrogens is 2. The lowest BCUT2D eigenvalue weighted by Gasteiger charge is -2.29. The van der Waals surface area contributed by atoms with Crippen molar-refractivity contribution >= 4 is 29.0 Å². The molecule has 3 heterocycles. The van der Waals surface area contributed by atoms with Crippen LogP contribution in [0.25, 0.3) is 5.69 Å². The minimum atomic E-state index is -0.956. The highest BCUT2D eigenvalue weighted by molar-refractivity contribution is 7.80. The molecule has 2 atom stereocenters. The highest BCUT2D eigenvalue weighted by atomic mass is 32.1. The van der Waals surface area contributed by atoms with E-state index in [1.54, 1.807) is 24.4 Å². The van der Waals surface area contributed by atoms with Gasteiger partial charge in [-0.3, -0.25) is 4.98 Å². The van der Waals surface area contributed by atoms with Gasteiger partial charge in [-0.2, -0.15) is 0 Å². The van der Waals surface area contributed by atoms with Crippen molar-refractivity contribution < 1.29 is 9.90 Å². The summed E-state index contributed by atoms with van der Waals surface area (Å²) in [5.41, 5.74) is 5.00. The van der Waals surface area contributed by atoms with Crippen molar-refractivity contribution in [1.29, 1.82) is 0 Å². The zero-order chi connectivity index (χ0) is 22.9. The van der Waals surface area contributed by atoms with Crippen LogP contribution < -0.4 is 10.2 Å². The van der Waals surface area contributed by atoms with Crippen molar-refractivity contribution in [3.05, 3.63) is 114 Å². The quantitative estimate of drug-likeness (QED) is 0.411. The van der Waals surface area contributed by atoms with Crippen LogP contribution in [0.15, 0.2) is 91.3 Å². The second-order valence-electron chi connectivity index (χ2n) is 7.99. The molecule has 1 aliphatic heterocycles. The van der Waals surface area contributed by atoms with Gasteiger partial charge >= 0.3 is 5.97 Å². The maximum absolute atomic E-state index is 11.6. The van der Waals surface area contributed by atoms with Crippen LogP contribution in [0.1, 0.15) is 39.4 Å². The molecule has 33 heavy (non-hydrogen) atoms. The number of benzene rings is 2. The van der Waals surface area contributed by atoms with Crippen molar-refractivity contribution in [2.45, 2.75) is 19.0 Å². The second-order valence-corrected chi connectivity index (χ2v) is 8.38. The molecule has 2 aromatic carbocycles. The van der Waals surface area contributed by atoms with Crippen molar-refractivity contribution in [3.8, 4) is 5.69 Å². The lowest BCUT2D eigenvalue weighted by molar-refractivity contribution is 0.0697. The number of hydrogen-bond acceptors (Lipinski definition) is 3. The third kappa shape index (κ3) is 3.87. The molecular formula is C26H22N4O2S. The SMILES string of the molecule is Cc1cccc(N2C(=S)N[C@@H](c3ccccn3)[C@H]2c2cccn2-c2cccc(C(=O)O)c2)c1. The van der Waals surface area contributed by atoms with Gasteiger partial charge in [-0.05, 0) is 79.3 Å². The Bertz CT molecular complexity index is 1330. The Morgan fingerprint density at radius 1 is 1.00 bits per heavy atom. The van der Waals surface area contributed by atoms with Gasteiger partial charge in [-0.1, -0.05) is 24.3 Å². The van der Waals surface area contributed by atoms with Gasteiger partial charge in [0.2, 0.25) is 0 Å². The van der Waals surface area contributed by atoms with Gasteiger partial charge < -0.3 is 19.9 Å². The summed E-state index contributed by atoms with van der Waals surface area (Å²) in [5.74, 6) is -0.956. The Morgan fingerprint density at radius 3 is 2.58 bits per heavy atom. The number of carboxylic acids is 1. The fraction of sp³-hybridized carbons (Fsp3) is 0.115. The van der Waals surface area contributed by atoms with E-state index in [0.29, 0.717) is 5.11 Å². The summed E-state index contributed by atoms with van der Waals surface area (Å²) in [6, 6.07) is 24.7. The molecule has 0 amide bonds. The Morgan fingerprint density at radius 2 is 1.82 bits per heavy atom. The van der Waals surface area contributed by atoms with E-state index in [1.165, 1.54) is 0 Å². The number of carboxylic acid groups (broad SMARTS) is 1. The first kappa shape index (κ1) is 20.9. The van der Waals surface area contributed by atoms with Gasteiger partial charge in [0, 0.05) is 29.5 Å². The highest BCUT2D eigenvalue weighted by Crippen LogP contribution is 2.42. The van der Waals surface area contributed by atoms with Gasteiger partial charge in [-0.25, -0.2) is 4.79 Å². The summed E-state index contributed by atoms with van der Waals surface area (Å²) in [5, 5.41) is 13.6. The fourth-order valence-electron chi connectivity index (χ4n) is 4.37. The molecule has 0 aliphatic carbocycles. The number of aromatic carboxylic acids is 1. The molecule has 2 aromatic heterocycles. The number of nitrogens with zero attached hydrogens (tertiary/aromatic N) is 3. The maximum Gasteiger partial charge on any atom is 0.335 e. The first-order chi connectivity index (χ1) is 16.0. The summed E-state index contributed by atoms with van der Waals surface area (Å²) < 4.78 is 2.02. The molecule has 7 heteroatoms. The fourth-order valence-corrected chi connectivity index (χ4v) is 4.72. The van der Waals surface area contributed by atoms with E-state index < -0.39 is 5.97 Å². The van der Waals surface area contributed by atoms with E-state index in [0.717, 1.165) is 28.3 Å². The third-order valence-corrected chi connectivity index (χ3v) is 6.15. The molecule has 0 bridgehead atoms. The molecule has 1 fully saturated rings. The number of rotatable bonds is 5. The number of hydrogen-bond donors (Lipinski definition) is 2. The number of carbonyl (C=O) groups is 1. The minimum absolute atomic E-state index is 0.185. The van der Waals surface area contributed by atoms with Crippen molar-refractivity contribution in [3.63, 3.8) is 0 Å². The van der Waals surface area contributed by atoms with Gasteiger partial charge in [0.05, 0.1) is 17.3 Å². The normalized spacial score (nSPS) is 17.7. The Labute approximate surface area is 197 Å². The van der Waals surface area contributed by atoms with Gasteiger partial charge in [-0.15, -0.1) is 0 Å². The van der Waals surface area contributed by atoms with Crippen LogP contribution in [-0.4, -0.2) is 25.7 Å². The van der Waals surface area contributed by atoms with Gasteiger partial charge in [0.25, 0.3) is 0 Å². The van der Waals surface area contributed by atoms with E-state index in [2.05, 4.69) is 34.3 Å². The maximum atomic E-state index is 11.6. The topological polar surface area (TPSA) is 70.4 Å². The number of aryl methyl sites for hydroxylation is 1. The van der Waals surface area contributed by atoms with E-state index in [4.69, 9.17) is 12.2 Å². The number of anilines is 1. The first-order valence-electron chi connectivity index (χ1n) is 10.6. The first-order valence-corrected chi connectivity index (χ1v) is 11.0. The Kier molecular flexibility index (Phi) is 5.40. The summed E-state index contributed by atoms with van der Waals surface area (Å²) in [7, 11) is 0. The molecule has 164 valence electrons. The molecule has 0 saturated carbocycles. The molecule has 0 spiro atoms. The summed E-state index contributed by atoms with van der Waals surface area (Å²) in [6.07, 6.45) is 3.73. The average molecular weight is 455 g/mol. The van der Waals surface area contributed by atoms with E-state index in [9.17, 15) is 9.90 Å². The zero-order valence-electron chi connectivity index (χ0n) is 17.9. The van der Waals surface area contributed by atoms with Crippen molar-refractivity contribution in [2.24, 2.45) is 0 Å². The predicted octanol–water partition coefficient (Wildman–Crippen LogP) is 5.06.